The lowest BCUT2D eigenvalue weighted by Gasteiger charge is -2.31. The first-order valence-electron chi connectivity index (χ1n) is 10.3. The van der Waals surface area contributed by atoms with Gasteiger partial charge in [-0.3, -0.25) is 4.79 Å². The molecule has 1 aromatic carbocycles. The summed E-state index contributed by atoms with van der Waals surface area (Å²) in [5.74, 6) is -1.21. The first-order valence-corrected chi connectivity index (χ1v) is 10.3. The van der Waals surface area contributed by atoms with Crippen molar-refractivity contribution in [1.29, 1.82) is 0 Å². The van der Waals surface area contributed by atoms with Gasteiger partial charge in [0.1, 0.15) is 5.75 Å². The highest BCUT2D eigenvalue weighted by Gasteiger charge is 2.29. The summed E-state index contributed by atoms with van der Waals surface area (Å²) in [4.78, 5) is 25.7. The van der Waals surface area contributed by atoms with E-state index in [2.05, 4.69) is 4.98 Å². The predicted molar refractivity (Wildman–Crippen MR) is 109 cm³/mol. The maximum Gasteiger partial charge on any atom is 0.289 e. The number of hydrogen-bond acceptors (Lipinski definition) is 7. The van der Waals surface area contributed by atoms with Gasteiger partial charge in [-0.15, -0.1) is 0 Å². The smallest absolute Gasteiger partial charge is 0.289 e. The molecule has 0 unspecified atom stereocenters. The molecular weight excluding hydrogens is 422 g/mol. The second-order valence-electron chi connectivity index (χ2n) is 7.49. The monoisotopic (exact) mass is 442 g/mol. The second-order valence-corrected chi connectivity index (χ2v) is 7.49. The van der Waals surface area contributed by atoms with E-state index < -0.39 is 11.6 Å². The van der Waals surface area contributed by atoms with Gasteiger partial charge in [0.25, 0.3) is 5.91 Å². The number of benzene rings is 1. The van der Waals surface area contributed by atoms with Crippen molar-refractivity contribution >= 4 is 11.9 Å². The van der Waals surface area contributed by atoms with Crippen molar-refractivity contribution in [2.24, 2.45) is 0 Å². The van der Waals surface area contributed by atoms with Gasteiger partial charge in [-0.1, -0.05) is 0 Å². The fraction of sp³-hybridized carbons (Fsp3) is 0.318. The van der Waals surface area contributed by atoms with Crippen LogP contribution in [0.1, 0.15) is 21.8 Å². The number of furan rings is 1. The van der Waals surface area contributed by atoms with Crippen LogP contribution in [0.3, 0.4) is 0 Å². The van der Waals surface area contributed by atoms with Crippen molar-refractivity contribution in [1.82, 2.24) is 14.9 Å². The molecule has 0 radical (unpaired) electrons. The van der Waals surface area contributed by atoms with Gasteiger partial charge in [0, 0.05) is 32.1 Å². The number of hydrogen-bond donors (Lipinski definition) is 0. The van der Waals surface area contributed by atoms with Gasteiger partial charge in [0.15, 0.2) is 17.4 Å². The van der Waals surface area contributed by atoms with E-state index in [1.54, 1.807) is 17.0 Å². The number of halogens is 2. The fourth-order valence-corrected chi connectivity index (χ4v) is 3.74. The summed E-state index contributed by atoms with van der Waals surface area (Å²) in [6.45, 7) is 3.05. The van der Waals surface area contributed by atoms with Gasteiger partial charge < -0.3 is 23.7 Å². The zero-order chi connectivity index (χ0) is 22.1. The molecule has 1 fully saturated rings. The number of anilines is 1. The number of ether oxygens (including phenoxy) is 2. The highest BCUT2D eigenvalue weighted by molar-refractivity contribution is 5.91. The number of amides is 1. The van der Waals surface area contributed by atoms with Crippen LogP contribution in [0.5, 0.6) is 11.6 Å². The number of aromatic nitrogens is 2. The molecule has 32 heavy (non-hydrogen) atoms. The third-order valence-electron chi connectivity index (χ3n) is 5.43. The van der Waals surface area contributed by atoms with Crippen molar-refractivity contribution in [3.05, 3.63) is 65.2 Å². The minimum absolute atomic E-state index is 0.104. The third-order valence-corrected chi connectivity index (χ3v) is 5.43. The molecule has 1 saturated heterocycles. The molecule has 2 aromatic heterocycles. The molecule has 3 aromatic rings. The molecule has 2 aliphatic heterocycles. The van der Waals surface area contributed by atoms with Crippen LogP contribution in [0, 0.1) is 11.6 Å². The Morgan fingerprint density at radius 3 is 2.66 bits per heavy atom. The van der Waals surface area contributed by atoms with Gasteiger partial charge in [-0.2, -0.15) is 4.98 Å². The summed E-state index contributed by atoms with van der Waals surface area (Å²) in [6, 6.07) is 6.55. The summed E-state index contributed by atoms with van der Waals surface area (Å²) in [7, 11) is 0. The van der Waals surface area contributed by atoms with E-state index in [0.29, 0.717) is 50.8 Å². The normalized spacial score (nSPS) is 16.1. The predicted octanol–water partition coefficient (Wildman–Crippen LogP) is 3.18. The Morgan fingerprint density at radius 2 is 1.91 bits per heavy atom. The van der Waals surface area contributed by atoms with E-state index in [4.69, 9.17) is 18.9 Å². The van der Waals surface area contributed by atoms with Gasteiger partial charge >= 0.3 is 0 Å². The minimum Gasteiger partial charge on any atom is -0.459 e. The van der Waals surface area contributed by atoms with Crippen molar-refractivity contribution in [3.8, 4) is 11.6 Å². The molecule has 1 amide bonds. The van der Waals surface area contributed by atoms with Crippen LogP contribution >= 0.6 is 0 Å². The number of rotatable bonds is 4. The summed E-state index contributed by atoms with van der Waals surface area (Å²) in [5.41, 5.74) is 1.38. The number of nitrogens with zero attached hydrogens (tertiary/aromatic N) is 4. The highest BCUT2D eigenvalue weighted by atomic mass is 19.2. The van der Waals surface area contributed by atoms with E-state index in [0.717, 1.165) is 17.8 Å². The molecule has 4 heterocycles. The molecule has 8 nitrogen and oxygen atoms in total. The molecule has 0 aliphatic carbocycles. The standard InChI is InChI=1S/C22H20F2N4O4/c23-16-4-3-14(12-17(16)24)32-20-15-13-28(21(29)19-2-1-9-31-19)6-5-18(15)25-22(26-20)27-7-10-30-11-8-27/h1-4,9,12H,5-8,10-11,13H2. The van der Waals surface area contributed by atoms with Crippen LogP contribution in [-0.4, -0.2) is 53.6 Å². The van der Waals surface area contributed by atoms with Crippen LogP contribution in [-0.2, 0) is 17.7 Å². The SMILES string of the molecule is O=C(c1ccco1)N1CCc2nc(N3CCOCC3)nc(Oc3ccc(F)c(F)c3)c2C1. The summed E-state index contributed by atoms with van der Waals surface area (Å²) >= 11 is 0. The summed E-state index contributed by atoms with van der Waals surface area (Å²) < 4.78 is 43.6. The molecule has 10 heteroatoms. The van der Waals surface area contributed by atoms with Crippen molar-refractivity contribution < 1.29 is 27.5 Å². The Labute approximate surface area is 182 Å². The van der Waals surface area contributed by atoms with Crippen LogP contribution in [0.15, 0.2) is 41.0 Å². The first kappa shape index (κ1) is 20.4. The number of morpholine rings is 1. The molecule has 0 spiro atoms. The van der Waals surface area contributed by atoms with Crippen molar-refractivity contribution in [2.75, 3.05) is 37.7 Å². The Hall–Kier alpha value is -3.53. The molecule has 166 valence electrons. The van der Waals surface area contributed by atoms with E-state index in [1.165, 1.54) is 12.3 Å². The van der Waals surface area contributed by atoms with Crippen LogP contribution in [0.4, 0.5) is 14.7 Å². The molecule has 0 N–H and O–H groups in total. The summed E-state index contributed by atoms with van der Waals surface area (Å²) in [5, 5.41) is 0. The third kappa shape index (κ3) is 4.01. The Bertz CT molecular complexity index is 1130. The Kier molecular flexibility index (Phi) is 5.44. The lowest BCUT2D eigenvalue weighted by atomic mass is 10.1. The minimum atomic E-state index is -1.02. The number of fused-ring (bicyclic) bond motifs is 1. The number of carbonyl (C=O) groups is 1. The quantitative estimate of drug-likeness (QED) is 0.614. The van der Waals surface area contributed by atoms with Gasteiger partial charge in [0.2, 0.25) is 11.8 Å². The lowest BCUT2D eigenvalue weighted by molar-refractivity contribution is 0.0699. The van der Waals surface area contributed by atoms with Gasteiger partial charge in [-0.25, -0.2) is 13.8 Å². The van der Waals surface area contributed by atoms with Gasteiger partial charge in [0.05, 0.1) is 37.3 Å². The molecular formula is C22H20F2N4O4. The maximum absolute atomic E-state index is 13.7. The zero-order valence-electron chi connectivity index (χ0n) is 17.1. The Morgan fingerprint density at radius 1 is 1.06 bits per heavy atom. The molecule has 0 atom stereocenters. The fourth-order valence-electron chi connectivity index (χ4n) is 3.74. The average molecular weight is 442 g/mol. The molecule has 0 saturated carbocycles. The van der Waals surface area contributed by atoms with Gasteiger partial charge in [-0.05, 0) is 24.3 Å². The van der Waals surface area contributed by atoms with Crippen molar-refractivity contribution in [3.63, 3.8) is 0 Å². The molecule has 2 aliphatic rings. The first-order chi connectivity index (χ1) is 15.6. The van der Waals surface area contributed by atoms with Crippen LogP contribution < -0.4 is 9.64 Å². The zero-order valence-corrected chi connectivity index (χ0v) is 17.1. The second kappa shape index (κ2) is 8.54. The largest absolute Gasteiger partial charge is 0.459 e. The number of carbonyl (C=O) groups excluding carboxylic acids is 1. The molecule has 0 bridgehead atoms. The van der Waals surface area contributed by atoms with E-state index in [9.17, 15) is 13.6 Å². The van der Waals surface area contributed by atoms with E-state index in [1.807, 2.05) is 4.90 Å². The highest BCUT2D eigenvalue weighted by Crippen LogP contribution is 2.32. The maximum atomic E-state index is 13.7. The Balaban J connectivity index is 1.50. The van der Waals surface area contributed by atoms with Crippen LogP contribution in [0.2, 0.25) is 0 Å². The topological polar surface area (TPSA) is 80.9 Å². The average Bonchev–Trinajstić information content (AvgIpc) is 3.36. The van der Waals surface area contributed by atoms with E-state index >= 15 is 0 Å². The summed E-state index contributed by atoms with van der Waals surface area (Å²) in [6.07, 6.45) is 1.94. The van der Waals surface area contributed by atoms with Crippen LogP contribution in [0.25, 0.3) is 0 Å². The van der Waals surface area contributed by atoms with E-state index in [-0.39, 0.29) is 29.8 Å². The lowest BCUT2D eigenvalue weighted by Crippen LogP contribution is -2.39. The molecule has 5 rings (SSSR count). The van der Waals surface area contributed by atoms with Crippen molar-refractivity contribution in [2.45, 2.75) is 13.0 Å².